The van der Waals surface area contributed by atoms with Crippen LogP contribution in [0.5, 0.6) is 0 Å². The Balaban J connectivity index is 1.58. The normalized spacial score (nSPS) is 12.2. The average molecular weight is 317 g/mol. The zero-order chi connectivity index (χ0) is 15.7. The van der Waals surface area contributed by atoms with Crippen LogP contribution in [0.25, 0.3) is 56.2 Å². The zero-order valence-electron chi connectivity index (χ0n) is 12.0. The lowest BCUT2D eigenvalue weighted by Crippen LogP contribution is -1.80. The molecule has 6 rings (SSSR count). The van der Waals surface area contributed by atoms with E-state index in [1.165, 1.54) is 6.39 Å². The van der Waals surface area contributed by atoms with Gasteiger partial charge in [0.2, 0.25) is 5.71 Å². The SMILES string of the molecule is c1cc2nc3cc(-c4nc5cc6ncoc6cc5o4)oc3nc2[nH]1. The summed E-state index contributed by atoms with van der Waals surface area (Å²) in [6, 6.07) is 7.19. The van der Waals surface area contributed by atoms with E-state index in [9.17, 15) is 0 Å². The van der Waals surface area contributed by atoms with Crippen LogP contribution in [0.4, 0.5) is 0 Å². The number of aromatic amines is 1. The third-order valence-electron chi connectivity index (χ3n) is 3.90. The predicted octanol–water partition coefficient (Wildman–Crippen LogP) is 3.65. The molecule has 1 N–H and O–H groups in total. The molecule has 0 amide bonds. The Kier molecular flexibility index (Phi) is 1.97. The Bertz CT molecular complexity index is 1170. The van der Waals surface area contributed by atoms with E-state index >= 15 is 0 Å². The van der Waals surface area contributed by atoms with E-state index in [0.29, 0.717) is 45.2 Å². The number of hydrogen-bond acceptors (Lipinski definition) is 7. The van der Waals surface area contributed by atoms with Gasteiger partial charge in [-0.2, -0.15) is 4.98 Å². The average Bonchev–Trinajstić information content (AvgIpc) is 3.33. The second-order valence-electron chi connectivity index (χ2n) is 5.40. The van der Waals surface area contributed by atoms with Gasteiger partial charge in [-0.05, 0) is 12.1 Å². The van der Waals surface area contributed by atoms with Crippen LogP contribution in [0.1, 0.15) is 0 Å². The monoisotopic (exact) mass is 317 g/mol. The van der Waals surface area contributed by atoms with Crippen molar-refractivity contribution >= 4 is 44.6 Å². The zero-order valence-corrected chi connectivity index (χ0v) is 12.0. The van der Waals surface area contributed by atoms with E-state index in [0.717, 1.165) is 11.0 Å². The molecule has 0 atom stereocenters. The van der Waals surface area contributed by atoms with Gasteiger partial charge in [0, 0.05) is 18.3 Å². The number of furan rings is 1. The number of nitrogens with one attached hydrogen (secondary N) is 1. The second-order valence-corrected chi connectivity index (χ2v) is 5.40. The van der Waals surface area contributed by atoms with Gasteiger partial charge in [0.15, 0.2) is 29.0 Å². The van der Waals surface area contributed by atoms with E-state index < -0.39 is 0 Å². The summed E-state index contributed by atoms with van der Waals surface area (Å²) >= 11 is 0. The molecule has 0 aliphatic heterocycles. The van der Waals surface area contributed by atoms with E-state index in [-0.39, 0.29) is 0 Å². The minimum atomic E-state index is 0.362. The summed E-state index contributed by atoms with van der Waals surface area (Å²) in [7, 11) is 0. The minimum absolute atomic E-state index is 0.362. The van der Waals surface area contributed by atoms with Crippen LogP contribution in [0.2, 0.25) is 0 Å². The van der Waals surface area contributed by atoms with Crippen molar-refractivity contribution in [1.82, 2.24) is 24.9 Å². The summed E-state index contributed by atoms with van der Waals surface area (Å²) < 4.78 is 16.8. The summed E-state index contributed by atoms with van der Waals surface area (Å²) in [6.07, 6.45) is 3.18. The maximum absolute atomic E-state index is 5.78. The molecule has 0 radical (unpaired) electrons. The summed E-state index contributed by atoms with van der Waals surface area (Å²) in [5.41, 5.74) is 5.18. The Hall–Kier alpha value is -3.68. The molecule has 0 aliphatic rings. The molecule has 0 saturated heterocycles. The minimum Gasteiger partial charge on any atom is -0.443 e. The van der Waals surface area contributed by atoms with Gasteiger partial charge >= 0.3 is 0 Å². The largest absolute Gasteiger partial charge is 0.443 e. The van der Waals surface area contributed by atoms with Gasteiger partial charge in [-0.25, -0.2) is 15.0 Å². The molecular weight excluding hydrogens is 310 g/mol. The quantitative estimate of drug-likeness (QED) is 0.493. The van der Waals surface area contributed by atoms with Crippen molar-refractivity contribution in [1.29, 1.82) is 0 Å². The van der Waals surface area contributed by atoms with Gasteiger partial charge in [0.1, 0.15) is 22.1 Å². The third kappa shape index (κ3) is 1.51. The number of H-pyrrole nitrogens is 1. The fraction of sp³-hybridized carbons (Fsp3) is 0. The molecule has 0 aliphatic carbocycles. The first kappa shape index (κ1) is 11.8. The summed E-state index contributed by atoms with van der Waals surface area (Å²) in [5.74, 6) is 0.833. The molecule has 0 fully saturated rings. The van der Waals surface area contributed by atoms with Gasteiger partial charge in [-0.3, -0.25) is 0 Å². The lowest BCUT2D eigenvalue weighted by Gasteiger charge is -1.88. The van der Waals surface area contributed by atoms with Crippen LogP contribution in [0, 0.1) is 0 Å². The number of nitrogens with zero attached hydrogens (tertiary/aromatic N) is 4. The van der Waals surface area contributed by atoms with Gasteiger partial charge in [-0.15, -0.1) is 0 Å². The molecule has 0 spiro atoms. The fourth-order valence-electron chi connectivity index (χ4n) is 2.79. The van der Waals surface area contributed by atoms with Gasteiger partial charge in [-0.1, -0.05) is 0 Å². The van der Waals surface area contributed by atoms with Crippen molar-refractivity contribution in [3.05, 3.63) is 36.9 Å². The van der Waals surface area contributed by atoms with Crippen molar-refractivity contribution in [3.63, 3.8) is 0 Å². The molecule has 0 unspecified atom stereocenters. The summed E-state index contributed by atoms with van der Waals surface area (Å²) in [6.45, 7) is 0. The Morgan fingerprint density at radius 3 is 2.83 bits per heavy atom. The molecule has 114 valence electrons. The number of aromatic nitrogens is 5. The van der Waals surface area contributed by atoms with Gasteiger partial charge in [0.25, 0.3) is 5.89 Å². The highest BCUT2D eigenvalue weighted by Crippen LogP contribution is 2.30. The van der Waals surface area contributed by atoms with E-state index in [1.807, 2.05) is 12.1 Å². The molecule has 6 aromatic rings. The molecular formula is C16H7N5O3. The lowest BCUT2D eigenvalue weighted by molar-refractivity contribution is 0.554. The van der Waals surface area contributed by atoms with Crippen LogP contribution < -0.4 is 0 Å². The van der Waals surface area contributed by atoms with Crippen molar-refractivity contribution in [3.8, 4) is 11.7 Å². The van der Waals surface area contributed by atoms with Crippen LogP contribution in [-0.4, -0.2) is 24.9 Å². The highest BCUT2D eigenvalue weighted by molar-refractivity contribution is 5.90. The molecule has 1 aromatic carbocycles. The second kappa shape index (κ2) is 3.99. The number of fused-ring (bicyclic) bond motifs is 4. The summed E-state index contributed by atoms with van der Waals surface area (Å²) in [5, 5.41) is 0. The first-order valence-corrected chi connectivity index (χ1v) is 7.22. The fourth-order valence-corrected chi connectivity index (χ4v) is 2.79. The van der Waals surface area contributed by atoms with Gasteiger partial charge < -0.3 is 18.2 Å². The van der Waals surface area contributed by atoms with Crippen LogP contribution in [0.15, 0.2) is 50.1 Å². The van der Waals surface area contributed by atoms with Crippen molar-refractivity contribution in [2.45, 2.75) is 0 Å². The Morgan fingerprint density at radius 1 is 0.833 bits per heavy atom. The van der Waals surface area contributed by atoms with E-state index in [4.69, 9.17) is 13.3 Å². The van der Waals surface area contributed by atoms with Crippen LogP contribution in [-0.2, 0) is 0 Å². The maximum atomic E-state index is 5.78. The van der Waals surface area contributed by atoms with Crippen molar-refractivity contribution < 1.29 is 13.3 Å². The maximum Gasteiger partial charge on any atom is 0.264 e. The molecule has 5 aromatic heterocycles. The third-order valence-corrected chi connectivity index (χ3v) is 3.90. The first-order chi connectivity index (χ1) is 11.8. The molecule has 8 nitrogen and oxygen atoms in total. The Labute approximate surface area is 132 Å². The smallest absolute Gasteiger partial charge is 0.264 e. The molecule has 0 bridgehead atoms. The topological polar surface area (TPSA) is 107 Å². The van der Waals surface area contributed by atoms with E-state index in [2.05, 4.69) is 24.9 Å². The van der Waals surface area contributed by atoms with Gasteiger partial charge in [0.05, 0.1) is 0 Å². The number of benzene rings is 1. The van der Waals surface area contributed by atoms with Crippen LogP contribution >= 0.6 is 0 Å². The molecule has 8 heteroatoms. The van der Waals surface area contributed by atoms with E-state index in [1.54, 1.807) is 18.3 Å². The number of hydrogen-bond donors (Lipinski definition) is 1. The summed E-state index contributed by atoms with van der Waals surface area (Å²) in [4.78, 5) is 20.5. The van der Waals surface area contributed by atoms with Crippen LogP contribution in [0.3, 0.4) is 0 Å². The highest BCUT2D eigenvalue weighted by Gasteiger charge is 2.16. The van der Waals surface area contributed by atoms with Crippen molar-refractivity contribution in [2.24, 2.45) is 0 Å². The van der Waals surface area contributed by atoms with Crippen molar-refractivity contribution in [2.75, 3.05) is 0 Å². The lowest BCUT2D eigenvalue weighted by atomic mass is 10.3. The number of oxazole rings is 2. The predicted molar refractivity (Wildman–Crippen MR) is 84.2 cm³/mol. The molecule has 24 heavy (non-hydrogen) atoms. The standard InChI is InChI=1S/C16H7N5O3/c1-2-17-14-7(1)19-10-4-13(24-15(10)21-14)16-20-9-3-8-11(22-6-18-8)5-12(9)23-16/h1-6H,(H,17,21). The first-order valence-electron chi connectivity index (χ1n) is 7.22. The number of rotatable bonds is 1. The molecule has 5 heterocycles. The highest BCUT2D eigenvalue weighted by atomic mass is 16.4. The Morgan fingerprint density at radius 2 is 1.83 bits per heavy atom. The molecule has 0 saturated carbocycles.